The van der Waals surface area contributed by atoms with Gasteiger partial charge in [-0.25, -0.2) is 9.78 Å². The van der Waals surface area contributed by atoms with Crippen LogP contribution in [0.2, 0.25) is 0 Å². The van der Waals surface area contributed by atoms with Crippen molar-refractivity contribution in [3.05, 3.63) is 59.9 Å². The molecule has 7 nitrogen and oxygen atoms in total. The molecule has 0 bridgehead atoms. The summed E-state index contributed by atoms with van der Waals surface area (Å²) in [5.74, 6) is 0. The maximum Gasteiger partial charge on any atom is 0.414 e. The van der Waals surface area contributed by atoms with Crippen LogP contribution < -0.4 is 15.5 Å². The van der Waals surface area contributed by atoms with E-state index in [1.807, 2.05) is 63.4 Å². The van der Waals surface area contributed by atoms with Crippen molar-refractivity contribution in [1.29, 1.82) is 0 Å². The standard InChI is InChI=1S/C22H27N5O2S/c1-22(2,3)29-21(28)27(4)17-7-5-6-15(12-17)13-25-20(30)26-14-16-8-10-23-19-18(16)9-11-24-19/h5-12H,13-14H2,1-4H3,(H,23,24)(H2,25,26,30). The smallest absolute Gasteiger partial charge is 0.414 e. The number of ether oxygens (including phenoxy) is 1. The molecule has 3 aromatic rings. The Morgan fingerprint density at radius 2 is 1.97 bits per heavy atom. The van der Waals surface area contributed by atoms with Gasteiger partial charge in [-0.3, -0.25) is 4.90 Å². The number of amides is 1. The molecule has 2 heterocycles. The normalized spacial score (nSPS) is 11.2. The van der Waals surface area contributed by atoms with Crippen molar-refractivity contribution in [2.45, 2.75) is 39.5 Å². The number of rotatable bonds is 5. The first-order valence-electron chi connectivity index (χ1n) is 9.71. The van der Waals surface area contributed by atoms with Crippen LogP contribution in [0.4, 0.5) is 10.5 Å². The summed E-state index contributed by atoms with van der Waals surface area (Å²) in [7, 11) is 1.70. The molecule has 0 aliphatic heterocycles. The number of carbonyl (C=O) groups excluding carboxylic acids is 1. The van der Waals surface area contributed by atoms with Gasteiger partial charge in [-0.15, -0.1) is 0 Å². The Bertz CT molecular complexity index is 1040. The van der Waals surface area contributed by atoms with E-state index in [0.29, 0.717) is 18.2 Å². The summed E-state index contributed by atoms with van der Waals surface area (Å²) in [5.41, 5.74) is 3.20. The highest BCUT2D eigenvalue weighted by molar-refractivity contribution is 7.80. The summed E-state index contributed by atoms with van der Waals surface area (Å²) < 4.78 is 5.42. The van der Waals surface area contributed by atoms with Gasteiger partial charge in [-0.1, -0.05) is 12.1 Å². The zero-order chi connectivity index (χ0) is 21.7. The van der Waals surface area contributed by atoms with Gasteiger partial charge in [0.2, 0.25) is 0 Å². The molecule has 1 amide bonds. The van der Waals surface area contributed by atoms with Crippen molar-refractivity contribution in [1.82, 2.24) is 20.6 Å². The van der Waals surface area contributed by atoms with Gasteiger partial charge in [0.25, 0.3) is 0 Å². The van der Waals surface area contributed by atoms with Gasteiger partial charge < -0.3 is 20.4 Å². The van der Waals surface area contributed by atoms with Crippen molar-refractivity contribution in [2.24, 2.45) is 0 Å². The topological polar surface area (TPSA) is 82.3 Å². The molecular weight excluding hydrogens is 398 g/mol. The lowest BCUT2D eigenvalue weighted by molar-refractivity contribution is 0.0589. The summed E-state index contributed by atoms with van der Waals surface area (Å²) in [6, 6.07) is 11.7. The molecule has 2 aromatic heterocycles. The first-order chi connectivity index (χ1) is 14.2. The zero-order valence-electron chi connectivity index (χ0n) is 17.7. The molecular formula is C22H27N5O2S. The Morgan fingerprint density at radius 1 is 1.20 bits per heavy atom. The van der Waals surface area contributed by atoms with Crippen molar-refractivity contribution in [2.75, 3.05) is 11.9 Å². The molecule has 158 valence electrons. The Balaban J connectivity index is 1.54. The minimum Gasteiger partial charge on any atom is -0.443 e. The third-order valence-corrected chi connectivity index (χ3v) is 4.70. The molecule has 0 saturated carbocycles. The van der Waals surface area contributed by atoms with E-state index in [2.05, 4.69) is 20.6 Å². The minimum absolute atomic E-state index is 0.391. The van der Waals surface area contributed by atoms with E-state index in [0.717, 1.165) is 27.8 Å². The molecule has 0 fully saturated rings. The van der Waals surface area contributed by atoms with Crippen molar-refractivity contribution < 1.29 is 9.53 Å². The average Bonchev–Trinajstić information content (AvgIpc) is 3.18. The number of carbonyl (C=O) groups is 1. The molecule has 0 atom stereocenters. The van der Waals surface area contributed by atoms with E-state index in [4.69, 9.17) is 17.0 Å². The van der Waals surface area contributed by atoms with Crippen LogP contribution in [0.3, 0.4) is 0 Å². The number of pyridine rings is 1. The average molecular weight is 426 g/mol. The van der Waals surface area contributed by atoms with Gasteiger partial charge in [-0.05, 0) is 68.4 Å². The Kier molecular flexibility index (Phi) is 6.56. The monoisotopic (exact) mass is 425 g/mol. The summed E-state index contributed by atoms with van der Waals surface area (Å²) in [6.07, 6.45) is 3.26. The first kappa shape index (κ1) is 21.6. The quantitative estimate of drug-likeness (QED) is 0.534. The highest BCUT2D eigenvalue weighted by Gasteiger charge is 2.20. The van der Waals surface area contributed by atoms with Crippen LogP contribution in [0.15, 0.2) is 48.8 Å². The number of aromatic nitrogens is 2. The largest absolute Gasteiger partial charge is 0.443 e. The zero-order valence-corrected chi connectivity index (χ0v) is 18.5. The highest BCUT2D eigenvalue weighted by Crippen LogP contribution is 2.18. The third kappa shape index (κ3) is 5.70. The second-order valence-corrected chi connectivity index (χ2v) is 8.36. The van der Waals surface area contributed by atoms with Crippen molar-refractivity contribution in [3.8, 4) is 0 Å². The highest BCUT2D eigenvalue weighted by atomic mass is 32.1. The predicted octanol–water partition coefficient (Wildman–Crippen LogP) is 4.10. The van der Waals surface area contributed by atoms with Gasteiger partial charge >= 0.3 is 6.09 Å². The van der Waals surface area contributed by atoms with Gasteiger partial charge in [0, 0.05) is 43.6 Å². The molecule has 30 heavy (non-hydrogen) atoms. The lowest BCUT2D eigenvalue weighted by Gasteiger charge is -2.25. The molecule has 1 aromatic carbocycles. The number of benzene rings is 1. The molecule has 0 aliphatic rings. The minimum atomic E-state index is -0.539. The number of nitrogens with zero attached hydrogens (tertiary/aromatic N) is 2. The van der Waals surface area contributed by atoms with E-state index >= 15 is 0 Å². The molecule has 0 unspecified atom stereocenters. The molecule has 0 saturated heterocycles. The third-order valence-electron chi connectivity index (χ3n) is 4.41. The van der Waals surface area contributed by atoms with Crippen LogP contribution in [0.1, 0.15) is 31.9 Å². The molecule has 0 aliphatic carbocycles. The van der Waals surface area contributed by atoms with Gasteiger partial charge in [0.15, 0.2) is 5.11 Å². The first-order valence-corrected chi connectivity index (χ1v) is 10.1. The van der Waals surface area contributed by atoms with Crippen LogP contribution in [0, 0.1) is 0 Å². The van der Waals surface area contributed by atoms with Crippen LogP contribution in [0.25, 0.3) is 11.0 Å². The molecule has 0 radical (unpaired) electrons. The maximum absolute atomic E-state index is 12.3. The van der Waals surface area contributed by atoms with Crippen molar-refractivity contribution in [3.63, 3.8) is 0 Å². The fourth-order valence-corrected chi connectivity index (χ4v) is 3.05. The van der Waals surface area contributed by atoms with E-state index < -0.39 is 11.7 Å². The lowest BCUT2D eigenvalue weighted by Crippen LogP contribution is -2.35. The lowest BCUT2D eigenvalue weighted by atomic mass is 10.2. The molecule has 0 spiro atoms. The SMILES string of the molecule is CN(C(=O)OC(C)(C)C)c1cccc(CNC(=S)NCc2ccnc3[nH]ccc23)c1. The fraction of sp³-hybridized carbons (Fsp3) is 0.318. The Hall–Kier alpha value is -3.13. The summed E-state index contributed by atoms with van der Waals surface area (Å²) in [4.78, 5) is 21.2. The van der Waals surface area contributed by atoms with E-state index in [1.54, 1.807) is 13.2 Å². The number of aromatic amines is 1. The van der Waals surface area contributed by atoms with E-state index in [1.165, 1.54) is 4.90 Å². The molecule has 8 heteroatoms. The maximum atomic E-state index is 12.3. The Labute approximate surface area is 181 Å². The second kappa shape index (κ2) is 9.13. The number of anilines is 1. The number of nitrogens with one attached hydrogen (secondary N) is 3. The number of fused-ring (bicyclic) bond motifs is 1. The summed E-state index contributed by atoms with van der Waals surface area (Å²) in [6.45, 7) is 6.68. The number of hydrogen-bond donors (Lipinski definition) is 3. The number of hydrogen-bond acceptors (Lipinski definition) is 4. The fourth-order valence-electron chi connectivity index (χ4n) is 2.90. The van der Waals surface area contributed by atoms with Crippen LogP contribution in [0.5, 0.6) is 0 Å². The summed E-state index contributed by atoms with van der Waals surface area (Å²) >= 11 is 5.41. The Morgan fingerprint density at radius 3 is 2.73 bits per heavy atom. The number of H-pyrrole nitrogens is 1. The van der Waals surface area contributed by atoms with E-state index in [9.17, 15) is 4.79 Å². The van der Waals surface area contributed by atoms with E-state index in [-0.39, 0.29) is 0 Å². The second-order valence-electron chi connectivity index (χ2n) is 7.96. The van der Waals surface area contributed by atoms with Crippen LogP contribution in [-0.4, -0.2) is 33.8 Å². The number of thiocarbonyl (C=S) groups is 1. The summed E-state index contributed by atoms with van der Waals surface area (Å²) in [5, 5.41) is 8.07. The molecule has 3 N–H and O–H groups in total. The molecule has 3 rings (SSSR count). The predicted molar refractivity (Wildman–Crippen MR) is 123 cm³/mol. The van der Waals surface area contributed by atoms with Crippen LogP contribution in [-0.2, 0) is 17.8 Å². The van der Waals surface area contributed by atoms with Crippen LogP contribution >= 0.6 is 12.2 Å². The van der Waals surface area contributed by atoms with Gasteiger partial charge in [-0.2, -0.15) is 0 Å². The van der Waals surface area contributed by atoms with Gasteiger partial charge in [0.05, 0.1) is 0 Å². The van der Waals surface area contributed by atoms with Gasteiger partial charge in [0.1, 0.15) is 11.2 Å². The van der Waals surface area contributed by atoms with Crippen molar-refractivity contribution >= 4 is 40.1 Å².